The van der Waals surface area contributed by atoms with Crippen molar-refractivity contribution in [2.24, 2.45) is 4.99 Å². The number of likely N-dealkylation sites (tertiary alicyclic amines) is 1. The van der Waals surface area contributed by atoms with Crippen molar-refractivity contribution in [1.29, 1.82) is 0 Å². The molecule has 0 aromatic heterocycles. The lowest BCUT2D eigenvalue weighted by Gasteiger charge is -2.48. The number of piperidine rings is 1. The molecule has 1 aliphatic carbocycles. The number of anilines is 1. The Morgan fingerprint density at radius 3 is 2.48 bits per heavy atom. The van der Waals surface area contributed by atoms with Crippen molar-refractivity contribution in [1.82, 2.24) is 15.5 Å². The Balaban J connectivity index is 1.56. The number of hydrogen-bond acceptors (Lipinski definition) is 3. The number of hydrogen-bond donors (Lipinski definition) is 3. The van der Waals surface area contributed by atoms with Gasteiger partial charge in [0.05, 0.1) is 0 Å². The highest BCUT2D eigenvalue weighted by molar-refractivity contribution is 5.88. The fraction of sp³-hybridized carbons (Fsp3) is 0.652. The number of nitrogens with one attached hydrogen (secondary N) is 3. The number of carbonyl (C=O) groups is 1. The monoisotopic (exact) mass is 399 g/mol. The zero-order valence-electron chi connectivity index (χ0n) is 18.1. The van der Waals surface area contributed by atoms with E-state index in [0.717, 1.165) is 23.8 Å². The number of guanidine groups is 1. The van der Waals surface area contributed by atoms with Gasteiger partial charge >= 0.3 is 0 Å². The predicted molar refractivity (Wildman–Crippen MR) is 120 cm³/mol. The molecular formula is C23H37N5O. The fourth-order valence-electron chi connectivity index (χ4n) is 4.80. The Labute approximate surface area is 175 Å². The summed E-state index contributed by atoms with van der Waals surface area (Å²) in [5.41, 5.74) is 2.22. The smallest absolute Gasteiger partial charge is 0.221 e. The second-order valence-corrected chi connectivity index (χ2v) is 8.49. The van der Waals surface area contributed by atoms with Gasteiger partial charge in [0.2, 0.25) is 5.91 Å². The number of benzene rings is 1. The summed E-state index contributed by atoms with van der Waals surface area (Å²) in [5, 5.41) is 9.89. The van der Waals surface area contributed by atoms with E-state index in [1.807, 2.05) is 25.2 Å². The molecule has 0 spiro atoms. The lowest BCUT2D eigenvalue weighted by Crippen LogP contribution is -2.59. The summed E-state index contributed by atoms with van der Waals surface area (Å²) in [6.07, 6.45) is 10.7. The van der Waals surface area contributed by atoms with Crippen molar-refractivity contribution >= 4 is 17.6 Å². The Morgan fingerprint density at radius 1 is 1.07 bits per heavy atom. The van der Waals surface area contributed by atoms with Gasteiger partial charge in [0.25, 0.3) is 0 Å². The zero-order valence-corrected chi connectivity index (χ0v) is 18.1. The van der Waals surface area contributed by atoms with E-state index in [9.17, 15) is 4.79 Å². The summed E-state index contributed by atoms with van der Waals surface area (Å²) in [6, 6.07) is 7.93. The molecule has 1 amide bonds. The van der Waals surface area contributed by atoms with Crippen molar-refractivity contribution in [2.45, 2.75) is 70.4 Å². The minimum atomic E-state index is -0.0527. The SMILES string of the molecule is CN=C(NCc1cccc(NC(C)=O)c1)NCC1(N2CCCCC2)CCCCC1. The molecule has 2 fully saturated rings. The molecular weight excluding hydrogens is 362 g/mol. The van der Waals surface area contributed by atoms with E-state index in [1.165, 1.54) is 71.4 Å². The quantitative estimate of drug-likeness (QED) is 0.506. The van der Waals surface area contributed by atoms with Gasteiger partial charge in [-0.05, 0) is 56.5 Å². The van der Waals surface area contributed by atoms with Crippen LogP contribution in [0.2, 0.25) is 0 Å². The number of rotatable bonds is 6. The second-order valence-electron chi connectivity index (χ2n) is 8.49. The van der Waals surface area contributed by atoms with E-state index in [1.54, 1.807) is 0 Å². The van der Waals surface area contributed by atoms with Crippen LogP contribution >= 0.6 is 0 Å². The fourth-order valence-corrected chi connectivity index (χ4v) is 4.80. The molecule has 2 aliphatic rings. The zero-order chi connectivity index (χ0) is 20.5. The first kappa shape index (κ1) is 21.6. The standard InChI is InChI=1S/C23H37N5O/c1-19(29)27-21-11-9-10-20(16-21)17-25-22(24-2)26-18-23(12-5-3-6-13-23)28-14-7-4-8-15-28/h9-11,16H,3-8,12-15,17-18H2,1-2H3,(H,27,29)(H2,24,25,26). The van der Waals surface area contributed by atoms with Crippen molar-refractivity contribution in [3.63, 3.8) is 0 Å². The van der Waals surface area contributed by atoms with Gasteiger partial charge < -0.3 is 16.0 Å². The number of carbonyl (C=O) groups excluding carboxylic acids is 1. The lowest BCUT2D eigenvalue weighted by atomic mass is 9.79. The summed E-state index contributed by atoms with van der Waals surface area (Å²) in [4.78, 5) is 18.5. The third-order valence-corrected chi connectivity index (χ3v) is 6.33. The summed E-state index contributed by atoms with van der Waals surface area (Å²) in [6.45, 7) is 5.63. The van der Waals surface area contributed by atoms with Crippen LogP contribution in [-0.2, 0) is 11.3 Å². The molecule has 3 rings (SSSR count). The summed E-state index contributed by atoms with van der Waals surface area (Å²) in [5.74, 6) is 0.792. The highest BCUT2D eigenvalue weighted by Gasteiger charge is 2.38. The van der Waals surface area contributed by atoms with Gasteiger partial charge in [0.1, 0.15) is 0 Å². The van der Waals surface area contributed by atoms with Crippen LogP contribution in [-0.4, -0.2) is 49.0 Å². The molecule has 1 aromatic carbocycles. The van der Waals surface area contributed by atoms with Crippen LogP contribution in [0.25, 0.3) is 0 Å². The molecule has 3 N–H and O–H groups in total. The van der Waals surface area contributed by atoms with E-state index < -0.39 is 0 Å². The van der Waals surface area contributed by atoms with Gasteiger partial charge in [-0.25, -0.2) is 0 Å². The van der Waals surface area contributed by atoms with Crippen LogP contribution in [0.15, 0.2) is 29.3 Å². The van der Waals surface area contributed by atoms with Crippen LogP contribution in [0.5, 0.6) is 0 Å². The average Bonchev–Trinajstić information content (AvgIpc) is 2.75. The summed E-state index contributed by atoms with van der Waals surface area (Å²) >= 11 is 0. The predicted octanol–water partition coefficient (Wildman–Crippen LogP) is 3.50. The van der Waals surface area contributed by atoms with E-state index in [0.29, 0.717) is 6.54 Å². The first-order valence-corrected chi connectivity index (χ1v) is 11.2. The van der Waals surface area contributed by atoms with E-state index >= 15 is 0 Å². The normalized spacial score (nSPS) is 20.1. The molecule has 6 heteroatoms. The molecule has 1 saturated heterocycles. The van der Waals surface area contributed by atoms with E-state index in [4.69, 9.17) is 0 Å². The lowest BCUT2D eigenvalue weighted by molar-refractivity contribution is -0.114. The molecule has 0 radical (unpaired) electrons. The molecule has 160 valence electrons. The number of nitrogens with zero attached hydrogens (tertiary/aromatic N) is 2. The van der Waals surface area contributed by atoms with Crippen molar-refractivity contribution < 1.29 is 4.79 Å². The molecule has 6 nitrogen and oxygen atoms in total. The minimum Gasteiger partial charge on any atom is -0.355 e. The van der Waals surface area contributed by atoms with Gasteiger partial charge in [-0.15, -0.1) is 0 Å². The molecule has 0 bridgehead atoms. The minimum absolute atomic E-state index is 0.0527. The Kier molecular flexibility index (Phi) is 7.92. The summed E-state index contributed by atoms with van der Waals surface area (Å²) < 4.78 is 0. The highest BCUT2D eigenvalue weighted by atomic mass is 16.1. The van der Waals surface area contributed by atoms with Crippen LogP contribution in [0.1, 0.15) is 63.9 Å². The third-order valence-electron chi connectivity index (χ3n) is 6.33. The summed E-state index contributed by atoms with van der Waals surface area (Å²) in [7, 11) is 1.83. The first-order valence-electron chi connectivity index (χ1n) is 11.2. The maximum absolute atomic E-state index is 11.3. The Morgan fingerprint density at radius 2 is 1.79 bits per heavy atom. The van der Waals surface area contributed by atoms with Crippen LogP contribution in [0.3, 0.4) is 0 Å². The highest BCUT2D eigenvalue weighted by Crippen LogP contribution is 2.35. The van der Waals surface area contributed by atoms with Crippen molar-refractivity contribution in [2.75, 3.05) is 32.0 Å². The number of amides is 1. The first-order chi connectivity index (χ1) is 14.1. The molecule has 1 aromatic rings. The topological polar surface area (TPSA) is 68.8 Å². The molecule has 0 atom stereocenters. The largest absolute Gasteiger partial charge is 0.355 e. The van der Waals surface area contributed by atoms with Crippen LogP contribution in [0.4, 0.5) is 5.69 Å². The van der Waals surface area contributed by atoms with E-state index in [2.05, 4.69) is 31.9 Å². The van der Waals surface area contributed by atoms with Crippen LogP contribution < -0.4 is 16.0 Å². The maximum Gasteiger partial charge on any atom is 0.221 e. The van der Waals surface area contributed by atoms with Gasteiger partial charge in [-0.3, -0.25) is 14.7 Å². The van der Waals surface area contributed by atoms with Gasteiger partial charge in [-0.2, -0.15) is 0 Å². The Bertz CT molecular complexity index is 690. The Hall–Kier alpha value is -2.08. The maximum atomic E-state index is 11.3. The average molecular weight is 400 g/mol. The van der Waals surface area contributed by atoms with Gasteiger partial charge in [-0.1, -0.05) is 37.8 Å². The second kappa shape index (κ2) is 10.6. The van der Waals surface area contributed by atoms with Gasteiger partial charge in [0, 0.05) is 38.3 Å². The molecule has 1 heterocycles. The molecule has 1 saturated carbocycles. The molecule has 0 unspecified atom stereocenters. The van der Waals surface area contributed by atoms with Gasteiger partial charge in [0.15, 0.2) is 5.96 Å². The molecule has 1 aliphatic heterocycles. The van der Waals surface area contributed by atoms with Crippen LogP contribution in [0, 0.1) is 0 Å². The number of aliphatic imine (C=N–C) groups is 1. The van der Waals surface area contributed by atoms with Crippen molar-refractivity contribution in [3.8, 4) is 0 Å². The van der Waals surface area contributed by atoms with E-state index in [-0.39, 0.29) is 11.4 Å². The third kappa shape index (κ3) is 6.20. The van der Waals surface area contributed by atoms with Crippen molar-refractivity contribution in [3.05, 3.63) is 29.8 Å². The molecule has 29 heavy (non-hydrogen) atoms.